The second-order valence-electron chi connectivity index (χ2n) is 8.56. The van der Waals surface area contributed by atoms with Crippen LogP contribution in [0, 0.1) is 11.6 Å². The summed E-state index contributed by atoms with van der Waals surface area (Å²) in [6, 6.07) is 7.73. The van der Waals surface area contributed by atoms with E-state index in [1.54, 1.807) is 19.1 Å². The van der Waals surface area contributed by atoms with E-state index in [2.05, 4.69) is 10.1 Å². The third-order valence-electron chi connectivity index (χ3n) is 5.91. The molecule has 1 aliphatic rings. The molecular formula is C25H24F5N3O3S. The number of thioether (sulfide) groups is 1. The lowest BCUT2D eigenvalue weighted by molar-refractivity contribution is -0.146. The number of halogens is 5. The van der Waals surface area contributed by atoms with Gasteiger partial charge in [0.2, 0.25) is 0 Å². The van der Waals surface area contributed by atoms with Gasteiger partial charge in [-0.15, -0.1) is 11.8 Å². The van der Waals surface area contributed by atoms with E-state index in [9.17, 15) is 27.1 Å². The van der Waals surface area contributed by atoms with Gasteiger partial charge in [0.1, 0.15) is 29.9 Å². The molecule has 0 radical (unpaired) electrons. The Balaban J connectivity index is 1.38. The van der Waals surface area contributed by atoms with Crippen LogP contribution in [-0.2, 0) is 27.8 Å². The lowest BCUT2D eigenvalue weighted by atomic mass is 9.90. The van der Waals surface area contributed by atoms with Gasteiger partial charge in [0.05, 0.1) is 30.6 Å². The number of aromatic nitrogens is 3. The van der Waals surface area contributed by atoms with E-state index in [1.165, 1.54) is 47.3 Å². The first kappa shape index (κ1) is 27.2. The Bertz CT molecular complexity index is 1200. The highest BCUT2D eigenvalue weighted by Gasteiger charge is 2.41. The highest BCUT2D eigenvalue weighted by atomic mass is 32.2. The fourth-order valence-electron chi connectivity index (χ4n) is 3.90. The zero-order valence-electron chi connectivity index (χ0n) is 19.6. The van der Waals surface area contributed by atoms with Crippen molar-refractivity contribution >= 4 is 17.8 Å². The third kappa shape index (κ3) is 6.75. The molecule has 0 unspecified atom stereocenters. The van der Waals surface area contributed by atoms with Gasteiger partial charge in [-0.3, -0.25) is 0 Å². The maximum Gasteiger partial charge on any atom is 0.416 e. The van der Waals surface area contributed by atoms with E-state index >= 15 is 0 Å². The summed E-state index contributed by atoms with van der Waals surface area (Å²) >= 11 is 1.32. The van der Waals surface area contributed by atoms with E-state index in [1.807, 2.05) is 0 Å². The number of hydrogen-bond donors (Lipinski definition) is 1. The molecule has 2 heterocycles. The molecule has 0 amide bonds. The molecule has 12 heteroatoms. The molecule has 2 aromatic carbocycles. The van der Waals surface area contributed by atoms with Crippen molar-refractivity contribution in [2.75, 3.05) is 13.2 Å². The number of aliphatic hydroxyl groups is 1. The van der Waals surface area contributed by atoms with E-state index in [-0.39, 0.29) is 30.6 Å². The molecule has 0 aliphatic carbocycles. The van der Waals surface area contributed by atoms with Gasteiger partial charge in [0.15, 0.2) is 6.29 Å². The van der Waals surface area contributed by atoms with Crippen molar-refractivity contribution in [3.8, 4) is 0 Å². The van der Waals surface area contributed by atoms with E-state index in [0.717, 1.165) is 24.3 Å². The largest absolute Gasteiger partial charge is 0.416 e. The predicted molar refractivity (Wildman–Crippen MR) is 127 cm³/mol. The Morgan fingerprint density at radius 1 is 1.14 bits per heavy atom. The molecule has 198 valence electrons. The van der Waals surface area contributed by atoms with Gasteiger partial charge >= 0.3 is 6.18 Å². The Labute approximate surface area is 214 Å². The first-order chi connectivity index (χ1) is 17.5. The minimum absolute atomic E-state index is 0.0700. The maximum atomic E-state index is 14.7. The molecule has 2 atom stereocenters. The smallest absolute Gasteiger partial charge is 0.382 e. The van der Waals surface area contributed by atoms with Crippen LogP contribution in [0.25, 0.3) is 6.08 Å². The average molecular weight is 542 g/mol. The van der Waals surface area contributed by atoms with Crippen LogP contribution in [0.3, 0.4) is 0 Å². The Hall–Kier alpha value is -2.80. The quantitative estimate of drug-likeness (QED) is 0.403. The van der Waals surface area contributed by atoms with E-state index in [4.69, 9.17) is 9.47 Å². The summed E-state index contributed by atoms with van der Waals surface area (Å²) in [4.78, 5) is 3.86. The fourth-order valence-corrected chi connectivity index (χ4v) is 5.22. The lowest BCUT2D eigenvalue weighted by Crippen LogP contribution is -2.43. The third-order valence-corrected chi connectivity index (χ3v) is 7.37. The fraction of sp³-hybridized carbons (Fsp3) is 0.360. The molecule has 6 nitrogen and oxygen atoms in total. The highest BCUT2D eigenvalue weighted by molar-refractivity contribution is 8.00. The van der Waals surface area contributed by atoms with Crippen LogP contribution in [0.2, 0.25) is 0 Å². The molecule has 1 aromatic heterocycles. The molecular weight excluding hydrogens is 517 g/mol. The number of nitrogens with zero attached hydrogens (tertiary/aromatic N) is 3. The summed E-state index contributed by atoms with van der Waals surface area (Å²) in [7, 11) is 0. The Kier molecular flexibility index (Phi) is 8.32. The van der Waals surface area contributed by atoms with E-state index in [0.29, 0.717) is 5.56 Å². The van der Waals surface area contributed by atoms with Crippen molar-refractivity contribution in [2.45, 2.75) is 42.0 Å². The van der Waals surface area contributed by atoms with Gasteiger partial charge in [-0.25, -0.2) is 18.4 Å². The summed E-state index contributed by atoms with van der Waals surface area (Å²) in [6.07, 6.45) is 0.797. The number of alkyl halides is 3. The number of ether oxygens (including phenoxy) is 2. The lowest BCUT2D eigenvalue weighted by Gasteiger charge is -2.37. The van der Waals surface area contributed by atoms with Crippen LogP contribution in [0.4, 0.5) is 22.0 Å². The van der Waals surface area contributed by atoms with Crippen molar-refractivity contribution in [1.29, 1.82) is 0 Å². The zero-order chi connectivity index (χ0) is 26.6. The summed E-state index contributed by atoms with van der Waals surface area (Å²) in [5.74, 6) is -1.63. The summed E-state index contributed by atoms with van der Waals surface area (Å²) < 4.78 is 79.1. The average Bonchev–Trinajstić information content (AvgIpc) is 3.36. The van der Waals surface area contributed by atoms with Crippen LogP contribution < -0.4 is 0 Å². The van der Waals surface area contributed by atoms with Crippen molar-refractivity contribution in [1.82, 2.24) is 14.8 Å². The molecule has 1 N–H and O–H groups in total. The Morgan fingerprint density at radius 2 is 1.84 bits per heavy atom. The van der Waals surface area contributed by atoms with Crippen LogP contribution in [0.1, 0.15) is 23.6 Å². The molecule has 3 aromatic rings. The minimum Gasteiger partial charge on any atom is -0.382 e. The summed E-state index contributed by atoms with van der Waals surface area (Å²) in [5, 5.41) is 14.8. The van der Waals surface area contributed by atoms with Crippen molar-refractivity contribution in [2.24, 2.45) is 0 Å². The van der Waals surface area contributed by atoms with Crippen LogP contribution in [0.5, 0.6) is 0 Å². The molecule has 37 heavy (non-hydrogen) atoms. The molecule has 0 saturated carbocycles. The maximum absolute atomic E-state index is 14.7. The van der Waals surface area contributed by atoms with Gasteiger partial charge < -0.3 is 14.6 Å². The van der Waals surface area contributed by atoms with Crippen LogP contribution >= 0.6 is 11.8 Å². The summed E-state index contributed by atoms with van der Waals surface area (Å²) in [5.41, 5.74) is -1.99. The highest BCUT2D eigenvalue weighted by Crippen LogP contribution is 2.38. The second kappa shape index (κ2) is 11.3. The standard InChI is InChI=1S/C25H24F5N3O3S/c1-16(24(34,13-33-15-31-14-32-33)21-8-7-19(26)10-22(21)27)37-20-11-35-23(36-12-20)9-4-17-2-5-18(6-3-17)25(28,29)30/h2-10,14-16,20,23,34H,11-13H2,1H3/b9-4+/t16-,20?,23?,24-/m1/s1. The first-order valence-electron chi connectivity index (χ1n) is 11.3. The van der Waals surface area contributed by atoms with Crippen molar-refractivity contribution in [3.63, 3.8) is 0 Å². The molecule has 0 spiro atoms. The molecule has 4 rings (SSSR count). The van der Waals surface area contributed by atoms with Crippen LogP contribution in [0.15, 0.2) is 61.2 Å². The van der Waals surface area contributed by atoms with Gasteiger partial charge in [0, 0.05) is 16.9 Å². The van der Waals surface area contributed by atoms with Crippen molar-refractivity contribution in [3.05, 3.63) is 89.5 Å². The SMILES string of the molecule is C[C@@H](SC1COC(/C=C/c2ccc(C(F)(F)F)cc2)OC1)[C@](O)(Cn1cncn1)c1ccc(F)cc1F. The predicted octanol–water partition coefficient (Wildman–Crippen LogP) is 5.04. The van der Waals surface area contributed by atoms with Gasteiger partial charge in [-0.05, 0) is 29.8 Å². The minimum atomic E-state index is -4.40. The molecule has 1 fully saturated rings. The van der Waals surface area contributed by atoms with Crippen molar-refractivity contribution < 1.29 is 36.5 Å². The van der Waals surface area contributed by atoms with Gasteiger partial charge in [-0.2, -0.15) is 18.3 Å². The second-order valence-corrected chi connectivity index (χ2v) is 10.2. The number of hydrogen-bond acceptors (Lipinski definition) is 6. The van der Waals surface area contributed by atoms with E-state index < -0.39 is 40.5 Å². The number of rotatable bonds is 8. The monoisotopic (exact) mass is 541 g/mol. The number of benzene rings is 2. The Morgan fingerprint density at radius 3 is 2.43 bits per heavy atom. The van der Waals surface area contributed by atoms with Gasteiger partial charge in [0.25, 0.3) is 0 Å². The van der Waals surface area contributed by atoms with Gasteiger partial charge in [-0.1, -0.05) is 31.2 Å². The molecule has 1 saturated heterocycles. The molecule has 0 bridgehead atoms. The molecule has 1 aliphatic heterocycles. The normalized spacial score (nSPS) is 21.2. The first-order valence-corrected chi connectivity index (χ1v) is 12.2. The van der Waals surface area contributed by atoms with Crippen LogP contribution in [-0.4, -0.2) is 49.9 Å². The summed E-state index contributed by atoms with van der Waals surface area (Å²) in [6.45, 7) is 2.11. The zero-order valence-corrected chi connectivity index (χ0v) is 20.4. The topological polar surface area (TPSA) is 69.4 Å².